The van der Waals surface area contributed by atoms with Crippen molar-refractivity contribution in [3.8, 4) is 11.1 Å². The molecular weight excluding hydrogens is 483 g/mol. The molecule has 36 heavy (non-hydrogen) atoms. The molecule has 1 aromatic carbocycles. The first-order valence-corrected chi connectivity index (χ1v) is 12.1. The molecule has 3 amide bonds. The number of nitrogens with zero attached hydrogens (tertiary/aromatic N) is 3. The van der Waals surface area contributed by atoms with Crippen LogP contribution >= 0.6 is 11.6 Å². The minimum absolute atomic E-state index is 0.0475. The molecule has 8 nitrogen and oxygen atoms in total. The highest BCUT2D eigenvalue weighted by Gasteiger charge is 2.21. The summed E-state index contributed by atoms with van der Waals surface area (Å²) in [7, 11) is 3.40. The molecule has 0 atom stereocenters. The van der Waals surface area contributed by atoms with E-state index in [1.165, 1.54) is 18.6 Å². The van der Waals surface area contributed by atoms with Gasteiger partial charge in [0.2, 0.25) is 5.91 Å². The third-order valence-corrected chi connectivity index (χ3v) is 6.81. The van der Waals surface area contributed by atoms with Gasteiger partial charge in [-0.3, -0.25) is 9.78 Å². The molecule has 4 rings (SSSR count). The Bertz CT molecular complexity index is 1340. The molecule has 1 aliphatic carbocycles. The molecule has 10 heteroatoms. The number of nitrogens with two attached hydrogens (primary N) is 1. The first kappa shape index (κ1) is 25.4. The van der Waals surface area contributed by atoms with Crippen molar-refractivity contribution in [2.45, 2.75) is 25.7 Å². The van der Waals surface area contributed by atoms with Crippen molar-refractivity contribution in [2.75, 3.05) is 31.7 Å². The number of hydrogen-bond acceptors (Lipinski definition) is 5. The van der Waals surface area contributed by atoms with E-state index in [1.54, 1.807) is 43.3 Å². The van der Waals surface area contributed by atoms with Crippen molar-refractivity contribution in [2.24, 2.45) is 5.92 Å². The van der Waals surface area contributed by atoms with Crippen LogP contribution in [0.3, 0.4) is 0 Å². The Morgan fingerprint density at radius 3 is 2.69 bits per heavy atom. The molecule has 4 N–H and O–H groups in total. The maximum absolute atomic E-state index is 15.0. The number of fused-ring (bicyclic) bond motifs is 1. The highest BCUT2D eigenvalue weighted by atomic mass is 35.5. The fourth-order valence-corrected chi connectivity index (χ4v) is 4.73. The van der Waals surface area contributed by atoms with Gasteiger partial charge in [0.05, 0.1) is 10.7 Å². The zero-order valence-corrected chi connectivity index (χ0v) is 20.9. The normalized spacial score (nSPS) is 15.4. The zero-order valence-electron chi connectivity index (χ0n) is 20.1. The summed E-state index contributed by atoms with van der Waals surface area (Å²) in [5.41, 5.74) is 7.71. The second kappa shape index (κ2) is 10.9. The lowest BCUT2D eigenvalue weighted by Gasteiger charge is -2.28. The first-order valence-electron chi connectivity index (χ1n) is 11.7. The van der Waals surface area contributed by atoms with Crippen LogP contribution in [0.1, 0.15) is 25.7 Å². The van der Waals surface area contributed by atoms with Gasteiger partial charge in [-0.2, -0.15) is 0 Å². The van der Waals surface area contributed by atoms with E-state index in [9.17, 15) is 14.0 Å². The smallest absolute Gasteiger partial charge is 0.316 e. The molecule has 188 valence electrons. The molecule has 1 fully saturated rings. The molecule has 0 bridgehead atoms. The second-order valence-electron chi connectivity index (χ2n) is 8.97. The lowest BCUT2D eigenvalue weighted by molar-refractivity contribution is -0.112. The Morgan fingerprint density at radius 2 is 2.00 bits per heavy atom. The summed E-state index contributed by atoms with van der Waals surface area (Å²) in [5.74, 6) is -0.135. The summed E-state index contributed by atoms with van der Waals surface area (Å²) >= 11 is 6.24. The van der Waals surface area contributed by atoms with Crippen molar-refractivity contribution >= 4 is 45.8 Å². The predicted octanol–water partition coefficient (Wildman–Crippen LogP) is 5.00. The largest absolute Gasteiger partial charge is 0.396 e. The standard InChI is InChI=1S/C26H28ClFN6O2/c1-30-26(36)34(2)14-16-5-3-15(4-6-16)9-23(35)33-22-11-17-10-18(20-12-31-8-7-21(20)27)24(28)25(29)19(17)13-32-22/h7-13,16H,3-6,14,29H2,1-2H3,(H,30,36)(H,32,33,35). The van der Waals surface area contributed by atoms with E-state index in [0.717, 1.165) is 31.3 Å². The predicted molar refractivity (Wildman–Crippen MR) is 140 cm³/mol. The van der Waals surface area contributed by atoms with Gasteiger partial charge in [0.15, 0.2) is 5.82 Å². The molecule has 0 saturated heterocycles. The van der Waals surface area contributed by atoms with E-state index in [-0.39, 0.29) is 23.2 Å². The van der Waals surface area contributed by atoms with Crippen LogP contribution in [0.2, 0.25) is 5.02 Å². The minimum Gasteiger partial charge on any atom is -0.396 e. The number of nitrogen functional groups attached to an aromatic ring is 1. The monoisotopic (exact) mass is 510 g/mol. The molecule has 0 spiro atoms. The Labute approximate surface area is 213 Å². The third kappa shape index (κ3) is 5.57. The summed E-state index contributed by atoms with van der Waals surface area (Å²) in [6.45, 7) is 0.691. The SMILES string of the molecule is CNC(=O)N(C)CC1CCC(=CC(=O)Nc2cc3cc(-c4cnccc4Cl)c(F)c(N)c3cn2)CC1. The highest BCUT2D eigenvalue weighted by molar-refractivity contribution is 6.33. The number of anilines is 2. The maximum atomic E-state index is 15.0. The number of carbonyl (C=O) groups is 2. The van der Waals surface area contributed by atoms with Crippen LogP contribution in [0.5, 0.6) is 0 Å². The van der Waals surface area contributed by atoms with Crippen molar-refractivity contribution in [3.05, 3.63) is 59.3 Å². The van der Waals surface area contributed by atoms with Crippen LogP contribution in [0.15, 0.2) is 48.4 Å². The quantitative estimate of drug-likeness (QED) is 0.330. The average molecular weight is 511 g/mol. The van der Waals surface area contributed by atoms with Gasteiger partial charge in [-0.1, -0.05) is 17.2 Å². The lowest BCUT2D eigenvalue weighted by Crippen LogP contribution is -2.38. The van der Waals surface area contributed by atoms with Gasteiger partial charge in [-0.15, -0.1) is 0 Å². The Balaban J connectivity index is 1.46. The zero-order chi connectivity index (χ0) is 25.8. The van der Waals surface area contributed by atoms with Gasteiger partial charge in [-0.05, 0) is 55.2 Å². The van der Waals surface area contributed by atoms with Gasteiger partial charge >= 0.3 is 6.03 Å². The van der Waals surface area contributed by atoms with Gasteiger partial charge < -0.3 is 21.3 Å². The van der Waals surface area contributed by atoms with E-state index in [2.05, 4.69) is 20.6 Å². The van der Waals surface area contributed by atoms with Crippen LogP contribution in [0.4, 0.5) is 20.7 Å². The number of aromatic nitrogens is 2. The maximum Gasteiger partial charge on any atom is 0.316 e. The minimum atomic E-state index is -0.599. The Kier molecular flexibility index (Phi) is 7.69. The molecule has 2 aromatic heterocycles. The van der Waals surface area contributed by atoms with Crippen molar-refractivity contribution < 1.29 is 14.0 Å². The number of pyridine rings is 2. The number of carbonyl (C=O) groups excluding carboxylic acids is 2. The van der Waals surface area contributed by atoms with Gasteiger partial charge in [0.25, 0.3) is 0 Å². The summed E-state index contributed by atoms with van der Waals surface area (Å²) in [5, 5.41) is 6.82. The summed E-state index contributed by atoms with van der Waals surface area (Å²) in [6, 6.07) is 4.76. The Hall–Kier alpha value is -3.72. The topological polar surface area (TPSA) is 113 Å². The average Bonchev–Trinajstić information content (AvgIpc) is 2.87. The van der Waals surface area contributed by atoms with Gasteiger partial charge in [-0.25, -0.2) is 14.2 Å². The van der Waals surface area contributed by atoms with Crippen LogP contribution in [-0.2, 0) is 4.79 Å². The highest BCUT2D eigenvalue weighted by Crippen LogP contribution is 2.36. The second-order valence-corrected chi connectivity index (χ2v) is 9.38. The fraction of sp³-hybridized carbons (Fsp3) is 0.308. The molecule has 1 aliphatic rings. The number of nitrogens with one attached hydrogen (secondary N) is 2. The van der Waals surface area contributed by atoms with Crippen LogP contribution in [0.25, 0.3) is 21.9 Å². The number of benzene rings is 1. The number of rotatable bonds is 5. The van der Waals surface area contributed by atoms with E-state index in [1.807, 2.05) is 0 Å². The van der Waals surface area contributed by atoms with Gasteiger partial charge in [0, 0.05) is 61.8 Å². The van der Waals surface area contributed by atoms with Crippen molar-refractivity contribution in [1.29, 1.82) is 0 Å². The van der Waals surface area contributed by atoms with Crippen molar-refractivity contribution in [1.82, 2.24) is 20.2 Å². The van der Waals surface area contributed by atoms with E-state index >= 15 is 0 Å². The first-order chi connectivity index (χ1) is 17.3. The number of hydrogen-bond donors (Lipinski definition) is 3. The summed E-state index contributed by atoms with van der Waals surface area (Å²) in [6.07, 6.45) is 9.50. The number of amides is 3. The molecule has 1 saturated carbocycles. The molecule has 0 radical (unpaired) electrons. The van der Waals surface area contributed by atoms with Crippen LogP contribution in [0, 0.1) is 11.7 Å². The summed E-state index contributed by atoms with van der Waals surface area (Å²) < 4.78 is 15.0. The third-order valence-electron chi connectivity index (χ3n) is 6.48. The van der Waals surface area contributed by atoms with E-state index in [4.69, 9.17) is 17.3 Å². The van der Waals surface area contributed by atoms with E-state index < -0.39 is 5.82 Å². The number of urea groups is 1. The summed E-state index contributed by atoms with van der Waals surface area (Å²) in [4.78, 5) is 34.3. The molecule has 3 aromatic rings. The fourth-order valence-electron chi connectivity index (χ4n) is 4.52. The Morgan fingerprint density at radius 1 is 1.25 bits per heavy atom. The van der Waals surface area contributed by atoms with Gasteiger partial charge in [0.1, 0.15) is 5.82 Å². The molecule has 0 aliphatic heterocycles. The molecular formula is C26H28ClFN6O2. The van der Waals surface area contributed by atoms with Crippen LogP contribution in [-0.4, -0.2) is 47.4 Å². The van der Waals surface area contributed by atoms with Crippen molar-refractivity contribution in [3.63, 3.8) is 0 Å². The molecule has 0 unspecified atom stereocenters. The van der Waals surface area contributed by atoms with E-state index in [0.29, 0.717) is 39.6 Å². The number of allylic oxidation sites excluding steroid dienone is 1. The lowest BCUT2D eigenvalue weighted by atomic mass is 9.85. The van der Waals surface area contributed by atoms with Crippen LogP contribution < -0.4 is 16.4 Å². The molecule has 2 heterocycles. The number of halogens is 2.